The third kappa shape index (κ3) is 6.88. The normalized spacial score (nSPS) is 10.7. The highest BCUT2D eigenvalue weighted by Crippen LogP contribution is 2.29. The van der Waals surface area contributed by atoms with Gasteiger partial charge in [-0.1, -0.05) is 24.3 Å². The summed E-state index contributed by atoms with van der Waals surface area (Å²) in [7, 11) is 1.25. The molecule has 2 aromatic carbocycles. The Labute approximate surface area is 188 Å². The number of anilines is 1. The molecule has 164 valence electrons. The lowest BCUT2D eigenvalue weighted by molar-refractivity contribution is -0.141. The van der Waals surface area contributed by atoms with E-state index in [9.17, 15) is 18.8 Å². The lowest BCUT2D eigenvalue weighted by atomic mass is 10.1. The van der Waals surface area contributed by atoms with E-state index in [1.54, 1.807) is 42.5 Å². The number of methoxy groups -OCH3 is 1. The molecule has 32 heavy (non-hydrogen) atoms. The number of amides is 2. The number of carbonyl (C=O) groups excluding carboxylic acids is 3. The van der Waals surface area contributed by atoms with Gasteiger partial charge >= 0.3 is 5.97 Å². The molecule has 0 aliphatic rings. The van der Waals surface area contributed by atoms with Crippen LogP contribution in [-0.4, -0.2) is 31.4 Å². The lowest BCUT2D eigenvalue weighted by Gasteiger charge is -2.06. The number of nitrogens with one attached hydrogen (secondary N) is 2. The van der Waals surface area contributed by atoms with Gasteiger partial charge < -0.3 is 15.4 Å². The molecule has 1 heterocycles. The Hall–Kier alpha value is -3.78. The fourth-order valence-electron chi connectivity index (χ4n) is 2.75. The monoisotopic (exact) mass is 452 g/mol. The highest BCUT2D eigenvalue weighted by atomic mass is 32.1. The van der Waals surface area contributed by atoms with Gasteiger partial charge in [0.1, 0.15) is 12.4 Å². The Bertz CT molecular complexity index is 1120. The maximum absolute atomic E-state index is 13.1. The number of halogens is 1. The predicted octanol–water partition coefficient (Wildman–Crippen LogP) is 4.04. The van der Waals surface area contributed by atoms with Crippen LogP contribution in [0.5, 0.6) is 0 Å². The number of esters is 1. The summed E-state index contributed by atoms with van der Waals surface area (Å²) in [6.45, 7) is -0.175. The molecule has 0 saturated carbocycles. The third-order valence-corrected chi connectivity index (χ3v) is 5.50. The molecule has 3 rings (SSSR count). The maximum Gasteiger partial charge on any atom is 0.325 e. The molecule has 6 nitrogen and oxygen atoms in total. The quantitative estimate of drug-likeness (QED) is 0.399. The fraction of sp³-hybridized carbons (Fsp3) is 0.125. The summed E-state index contributed by atoms with van der Waals surface area (Å²) in [6.07, 6.45) is 3.27. The van der Waals surface area contributed by atoms with Gasteiger partial charge in [0.2, 0.25) is 11.8 Å². The number of thiophene rings is 1. The minimum absolute atomic E-state index is 0.111. The van der Waals surface area contributed by atoms with Crippen LogP contribution < -0.4 is 10.6 Å². The van der Waals surface area contributed by atoms with Gasteiger partial charge in [-0.2, -0.15) is 0 Å². The first kappa shape index (κ1) is 22.9. The van der Waals surface area contributed by atoms with Crippen LogP contribution in [-0.2, 0) is 25.5 Å². The van der Waals surface area contributed by atoms with E-state index in [1.807, 2.05) is 12.1 Å². The van der Waals surface area contributed by atoms with E-state index in [-0.39, 0.29) is 30.6 Å². The first-order valence-electron chi connectivity index (χ1n) is 9.70. The van der Waals surface area contributed by atoms with Crippen molar-refractivity contribution in [3.8, 4) is 10.4 Å². The van der Waals surface area contributed by atoms with Crippen molar-refractivity contribution >= 4 is 40.9 Å². The molecular formula is C24H21FN2O4S. The zero-order valence-electron chi connectivity index (χ0n) is 17.3. The average Bonchev–Trinajstić information content (AvgIpc) is 3.27. The zero-order valence-corrected chi connectivity index (χ0v) is 18.1. The van der Waals surface area contributed by atoms with Crippen LogP contribution in [0.1, 0.15) is 10.4 Å². The second kappa shape index (κ2) is 11.0. The number of benzene rings is 2. The van der Waals surface area contributed by atoms with Crippen LogP contribution in [0.2, 0.25) is 0 Å². The molecule has 0 unspecified atom stereocenters. The third-order valence-electron chi connectivity index (χ3n) is 4.40. The Morgan fingerprint density at radius 3 is 2.41 bits per heavy atom. The summed E-state index contributed by atoms with van der Waals surface area (Å²) in [4.78, 5) is 36.9. The van der Waals surface area contributed by atoms with Gasteiger partial charge in [0, 0.05) is 21.5 Å². The van der Waals surface area contributed by atoms with Crippen molar-refractivity contribution in [3.63, 3.8) is 0 Å². The number of ether oxygens (including phenoxy) is 1. The van der Waals surface area contributed by atoms with Crippen molar-refractivity contribution in [1.29, 1.82) is 0 Å². The summed E-state index contributed by atoms with van der Waals surface area (Å²) in [5, 5.41) is 5.23. The minimum atomic E-state index is -0.515. The summed E-state index contributed by atoms with van der Waals surface area (Å²) in [5.74, 6) is -1.38. The van der Waals surface area contributed by atoms with Gasteiger partial charge in [-0.15, -0.1) is 11.3 Å². The molecule has 0 atom stereocenters. The van der Waals surface area contributed by atoms with E-state index in [0.29, 0.717) is 5.69 Å². The van der Waals surface area contributed by atoms with Crippen LogP contribution in [0.25, 0.3) is 16.5 Å². The lowest BCUT2D eigenvalue weighted by Crippen LogP contribution is -2.31. The van der Waals surface area contributed by atoms with Crippen LogP contribution in [0.4, 0.5) is 10.1 Å². The Kier molecular flexibility index (Phi) is 7.88. The highest BCUT2D eigenvalue weighted by molar-refractivity contribution is 7.16. The standard InChI is InChI=1S/C24H21FN2O4S/c1-31-24(30)15-26-23(29)14-16-2-8-19(9-3-16)27-22(28)13-11-20-10-12-21(32-20)17-4-6-18(25)7-5-17/h2-13H,14-15H2,1H3,(H,26,29)(H,27,28). The van der Waals surface area contributed by atoms with Crippen molar-refractivity contribution in [2.45, 2.75) is 6.42 Å². The Morgan fingerprint density at radius 1 is 1.00 bits per heavy atom. The molecule has 0 saturated heterocycles. The molecule has 0 aliphatic heterocycles. The molecule has 0 fully saturated rings. The summed E-state index contributed by atoms with van der Waals surface area (Å²) >= 11 is 1.50. The van der Waals surface area contributed by atoms with Crippen LogP contribution >= 0.6 is 11.3 Å². The predicted molar refractivity (Wildman–Crippen MR) is 123 cm³/mol. The van der Waals surface area contributed by atoms with Crippen LogP contribution in [0, 0.1) is 5.82 Å². The minimum Gasteiger partial charge on any atom is -0.468 e. The molecule has 0 bridgehead atoms. The molecule has 1 aromatic heterocycles. The molecule has 0 aliphatic carbocycles. The van der Waals surface area contributed by atoms with E-state index < -0.39 is 5.97 Å². The van der Waals surface area contributed by atoms with Gasteiger partial charge in [0.15, 0.2) is 0 Å². The first-order chi connectivity index (χ1) is 15.4. The molecule has 2 amide bonds. The molecule has 8 heteroatoms. The Morgan fingerprint density at radius 2 is 1.72 bits per heavy atom. The van der Waals surface area contributed by atoms with Gasteiger partial charge in [-0.3, -0.25) is 14.4 Å². The van der Waals surface area contributed by atoms with Crippen LogP contribution in [0.3, 0.4) is 0 Å². The highest BCUT2D eigenvalue weighted by Gasteiger charge is 2.07. The van der Waals surface area contributed by atoms with E-state index in [2.05, 4.69) is 15.4 Å². The summed E-state index contributed by atoms with van der Waals surface area (Å²) in [5.41, 5.74) is 2.25. The van der Waals surface area contributed by atoms with Gasteiger partial charge in [-0.25, -0.2) is 4.39 Å². The topological polar surface area (TPSA) is 84.5 Å². The zero-order chi connectivity index (χ0) is 22.9. The first-order valence-corrected chi connectivity index (χ1v) is 10.5. The number of hydrogen-bond donors (Lipinski definition) is 2. The summed E-state index contributed by atoms with van der Waals surface area (Å²) < 4.78 is 17.5. The molecule has 2 N–H and O–H groups in total. The molecule has 0 spiro atoms. The number of hydrogen-bond acceptors (Lipinski definition) is 5. The van der Waals surface area contributed by atoms with Crippen molar-refractivity contribution in [1.82, 2.24) is 5.32 Å². The van der Waals surface area contributed by atoms with Gasteiger partial charge in [0.05, 0.1) is 13.5 Å². The maximum atomic E-state index is 13.1. The fourth-order valence-corrected chi connectivity index (χ4v) is 3.67. The second-order valence-corrected chi connectivity index (χ2v) is 7.87. The van der Waals surface area contributed by atoms with Crippen molar-refractivity contribution in [2.75, 3.05) is 19.0 Å². The van der Waals surface area contributed by atoms with Crippen molar-refractivity contribution in [3.05, 3.63) is 83.0 Å². The van der Waals surface area contributed by atoms with E-state index in [4.69, 9.17) is 0 Å². The number of carbonyl (C=O) groups is 3. The van der Waals surface area contributed by atoms with Crippen LogP contribution in [0.15, 0.2) is 66.7 Å². The van der Waals surface area contributed by atoms with E-state index in [0.717, 1.165) is 20.9 Å². The Balaban J connectivity index is 1.50. The smallest absolute Gasteiger partial charge is 0.325 e. The second-order valence-electron chi connectivity index (χ2n) is 6.76. The summed E-state index contributed by atoms with van der Waals surface area (Å²) in [6, 6.07) is 16.9. The van der Waals surface area contributed by atoms with E-state index in [1.165, 1.54) is 36.7 Å². The average molecular weight is 453 g/mol. The molecular weight excluding hydrogens is 431 g/mol. The molecule has 3 aromatic rings. The van der Waals surface area contributed by atoms with Gasteiger partial charge in [0.25, 0.3) is 0 Å². The largest absolute Gasteiger partial charge is 0.468 e. The van der Waals surface area contributed by atoms with Gasteiger partial charge in [-0.05, 0) is 53.6 Å². The SMILES string of the molecule is COC(=O)CNC(=O)Cc1ccc(NC(=O)C=Cc2ccc(-c3ccc(F)cc3)s2)cc1. The van der Waals surface area contributed by atoms with Crippen molar-refractivity contribution < 1.29 is 23.5 Å². The van der Waals surface area contributed by atoms with Crippen molar-refractivity contribution in [2.24, 2.45) is 0 Å². The molecule has 0 radical (unpaired) electrons. The number of rotatable bonds is 8. The van der Waals surface area contributed by atoms with E-state index >= 15 is 0 Å².